The zero-order chi connectivity index (χ0) is 14.7. The van der Waals surface area contributed by atoms with Crippen molar-refractivity contribution in [2.75, 3.05) is 25.6 Å². The molecule has 20 heavy (non-hydrogen) atoms. The molecule has 5 heteroatoms. The maximum Gasteiger partial charge on any atom is 0.310 e. The SMILES string of the molecule is COC(=O)[C@H](C)CN(C)c1ncnc2cccc(C)c12. The molecule has 0 radical (unpaired) electrons. The van der Waals surface area contributed by atoms with Gasteiger partial charge in [0.15, 0.2) is 0 Å². The number of aryl methyl sites for hydroxylation is 1. The van der Waals surface area contributed by atoms with Gasteiger partial charge in [-0.1, -0.05) is 19.1 Å². The molecule has 2 rings (SSSR count). The number of hydrogen-bond acceptors (Lipinski definition) is 5. The Hall–Kier alpha value is -2.17. The number of anilines is 1. The maximum atomic E-state index is 11.5. The van der Waals surface area contributed by atoms with Crippen LogP contribution in [0.5, 0.6) is 0 Å². The Morgan fingerprint density at radius 1 is 1.40 bits per heavy atom. The molecule has 0 fully saturated rings. The lowest BCUT2D eigenvalue weighted by Gasteiger charge is -2.22. The van der Waals surface area contributed by atoms with Crippen molar-refractivity contribution in [2.45, 2.75) is 13.8 Å². The average molecular weight is 273 g/mol. The summed E-state index contributed by atoms with van der Waals surface area (Å²) in [7, 11) is 3.33. The van der Waals surface area contributed by atoms with Crippen molar-refractivity contribution in [1.29, 1.82) is 0 Å². The predicted octanol–water partition coefficient (Wildman–Crippen LogP) is 2.18. The third-order valence-corrected chi connectivity index (χ3v) is 3.36. The maximum absolute atomic E-state index is 11.5. The van der Waals surface area contributed by atoms with Crippen LogP contribution in [0.1, 0.15) is 12.5 Å². The molecule has 0 saturated heterocycles. The van der Waals surface area contributed by atoms with E-state index in [9.17, 15) is 4.79 Å². The minimum absolute atomic E-state index is 0.209. The van der Waals surface area contributed by atoms with Gasteiger partial charge in [0.1, 0.15) is 12.1 Å². The normalized spacial score (nSPS) is 12.2. The van der Waals surface area contributed by atoms with Crippen molar-refractivity contribution < 1.29 is 9.53 Å². The minimum Gasteiger partial charge on any atom is -0.469 e. The number of hydrogen-bond donors (Lipinski definition) is 0. The Morgan fingerprint density at radius 3 is 2.85 bits per heavy atom. The number of rotatable bonds is 4. The number of aromatic nitrogens is 2. The molecule has 0 bridgehead atoms. The van der Waals surface area contributed by atoms with Gasteiger partial charge in [-0.3, -0.25) is 4.79 Å². The van der Waals surface area contributed by atoms with Crippen LogP contribution in [0.3, 0.4) is 0 Å². The van der Waals surface area contributed by atoms with Crippen LogP contribution in [0.15, 0.2) is 24.5 Å². The smallest absolute Gasteiger partial charge is 0.310 e. The monoisotopic (exact) mass is 273 g/mol. The topological polar surface area (TPSA) is 55.3 Å². The first kappa shape index (κ1) is 14.2. The van der Waals surface area contributed by atoms with Gasteiger partial charge in [0.2, 0.25) is 0 Å². The molecule has 1 atom stereocenters. The van der Waals surface area contributed by atoms with Crippen LogP contribution in [0.2, 0.25) is 0 Å². The fraction of sp³-hybridized carbons (Fsp3) is 0.400. The lowest BCUT2D eigenvalue weighted by Crippen LogP contribution is -2.30. The van der Waals surface area contributed by atoms with E-state index >= 15 is 0 Å². The predicted molar refractivity (Wildman–Crippen MR) is 78.7 cm³/mol. The van der Waals surface area contributed by atoms with E-state index in [0.29, 0.717) is 6.54 Å². The molecule has 0 unspecified atom stereocenters. The summed E-state index contributed by atoms with van der Waals surface area (Å²) in [4.78, 5) is 22.2. The van der Waals surface area contributed by atoms with Crippen molar-refractivity contribution in [3.63, 3.8) is 0 Å². The molecule has 0 aliphatic rings. The number of carbonyl (C=O) groups is 1. The number of nitrogens with zero attached hydrogens (tertiary/aromatic N) is 3. The first-order valence-electron chi connectivity index (χ1n) is 6.54. The van der Waals surface area contributed by atoms with Gasteiger partial charge in [0.25, 0.3) is 0 Å². The van der Waals surface area contributed by atoms with E-state index in [4.69, 9.17) is 4.74 Å². The molecule has 1 aromatic heterocycles. The van der Waals surface area contributed by atoms with Crippen molar-refractivity contribution in [2.24, 2.45) is 5.92 Å². The molecular weight excluding hydrogens is 254 g/mol. The van der Waals surface area contributed by atoms with Gasteiger partial charge >= 0.3 is 5.97 Å². The first-order valence-corrected chi connectivity index (χ1v) is 6.54. The van der Waals surface area contributed by atoms with E-state index < -0.39 is 0 Å². The Morgan fingerprint density at radius 2 is 2.15 bits per heavy atom. The Kier molecular flexibility index (Phi) is 4.17. The zero-order valence-corrected chi connectivity index (χ0v) is 12.3. The van der Waals surface area contributed by atoms with Crippen LogP contribution in [-0.4, -0.2) is 36.6 Å². The van der Waals surface area contributed by atoms with E-state index in [1.807, 2.05) is 44.0 Å². The fourth-order valence-corrected chi connectivity index (χ4v) is 2.32. The summed E-state index contributed by atoms with van der Waals surface area (Å²) >= 11 is 0. The van der Waals surface area contributed by atoms with E-state index in [0.717, 1.165) is 22.3 Å². The lowest BCUT2D eigenvalue weighted by atomic mass is 10.1. The highest BCUT2D eigenvalue weighted by Crippen LogP contribution is 2.25. The van der Waals surface area contributed by atoms with Crippen LogP contribution >= 0.6 is 0 Å². The minimum atomic E-state index is -0.216. The van der Waals surface area contributed by atoms with Crippen LogP contribution < -0.4 is 4.90 Å². The zero-order valence-electron chi connectivity index (χ0n) is 12.3. The van der Waals surface area contributed by atoms with E-state index in [1.54, 1.807) is 6.33 Å². The van der Waals surface area contributed by atoms with Gasteiger partial charge in [-0.15, -0.1) is 0 Å². The Labute approximate surface area is 118 Å². The highest BCUT2D eigenvalue weighted by molar-refractivity contribution is 5.92. The first-order chi connectivity index (χ1) is 9.54. The van der Waals surface area contributed by atoms with Gasteiger partial charge in [0.05, 0.1) is 18.5 Å². The molecule has 0 aliphatic heterocycles. The highest BCUT2D eigenvalue weighted by Gasteiger charge is 2.18. The number of benzene rings is 1. The number of ether oxygens (including phenoxy) is 1. The summed E-state index contributed by atoms with van der Waals surface area (Å²) in [6.45, 7) is 4.43. The third-order valence-electron chi connectivity index (χ3n) is 3.36. The number of methoxy groups -OCH3 is 1. The Bertz CT molecular complexity index is 622. The summed E-state index contributed by atoms with van der Waals surface area (Å²) in [5.74, 6) is 0.412. The van der Waals surface area contributed by atoms with Crippen molar-refractivity contribution >= 4 is 22.7 Å². The molecule has 0 spiro atoms. The second kappa shape index (κ2) is 5.86. The highest BCUT2D eigenvalue weighted by atomic mass is 16.5. The number of esters is 1. The second-order valence-corrected chi connectivity index (χ2v) is 4.97. The Balaban J connectivity index is 2.35. The van der Waals surface area contributed by atoms with Crippen molar-refractivity contribution in [1.82, 2.24) is 9.97 Å². The molecule has 0 N–H and O–H groups in total. The van der Waals surface area contributed by atoms with Gasteiger partial charge < -0.3 is 9.64 Å². The lowest BCUT2D eigenvalue weighted by molar-refractivity contribution is -0.144. The summed E-state index contributed by atoms with van der Waals surface area (Å²) in [6, 6.07) is 5.98. The molecule has 106 valence electrons. The van der Waals surface area contributed by atoms with Gasteiger partial charge in [-0.05, 0) is 18.6 Å². The fourth-order valence-electron chi connectivity index (χ4n) is 2.32. The van der Waals surface area contributed by atoms with E-state index in [1.165, 1.54) is 7.11 Å². The van der Waals surface area contributed by atoms with Crippen LogP contribution in [0.25, 0.3) is 10.9 Å². The second-order valence-electron chi connectivity index (χ2n) is 4.97. The van der Waals surface area contributed by atoms with Gasteiger partial charge in [0, 0.05) is 19.0 Å². The van der Waals surface area contributed by atoms with Gasteiger partial charge in [-0.25, -0.2) is 9.97 Å². The molecule has 2 aromatic rings. The van der Waals surface area contributed by atoms with Gasteiger partial charge in [-0.2, -0.15) is 0 Å². The standard InChI is InChI=1S/C15H19N3O2/c1-10-6-5-7-12-13(10)14(17-9-16-12)18(3)8-11(2)15(19)20-4/h5-7,9,11H,8H2,1-4H3/t11-/m1/s1. The number of carbonyl (C=O) groups excluding carboxylic acids is 1. The van der Waals surface area contributed by atoms with Crippen molar-refractivity contribution in [3.8, 4) is 0 Å². The largest absolute Gasteiger partial charge is 0.469 e. The van der Waals surface area contributed by atoms with Crippen LogP contribution in [-0.2, 0) is 9.53 Å². The third kappa shape index (κ3) is 2.71. The average Bonchev–Trinajstić information content (AvgIpc) is 2.46. The summed E-state index contributed by atoms with van der Waals surface area (Å²) in [5.41, 5.74) is 2.03. The quantitative estimate of drug-likeness (QED) is 0.799. The molecule has 0 aliphatic carbocycles. The molecular formula is C15H19N3O2. The number of fused-ring (bicyclic) bond motifs is 1. The van der Waals surface area contributed by atoms with Crippen LogP contribution in [0.4, 0.5) is 5.82 Å². The van der Waals surface area contributed by atoms with Crippen molar-refractivity contribution in [3.05, 3.63) is 30.1 Å². The summed E-state index contributed by atoms with van der Waals surface area (Å²) in [5, 5.41) is 1.02. The molecule has 1 heterocycles. The summed E-state index contributed by atoms with van der Waals surface area (Å²) < 4.78 is 4.76. The molecule has 0 amide bonds. The van der Waals surface area contributed by atoms with Crippen LogP contribution in [0, 0.1) is 12.8 Å². The van der Waals surface area contributed by atoms with E-state index in [-0.39, 0.29) is 11.9 Å². The molecule has 0 saturated carbocycles. The molecule has 1 aromatic carbocycles. The summed E-state index contributed by atoms with van der Waals surface area (Å²) in [6.07, 6.45) is 1.55. The van der Waals surface area contributed by atoms with E-state index in [2.05, 4.69) is 9.97 Å². The molecule has 5 nitrogen and oxygen atoms in total.